The average molecular weight is 323 g/mol. The van der Waals surface area contributed by atoms with Gasteiger partial charge in [-0.3, -0.25) is 14.7 Å². The Bertz CT molecular complexity index is 812. The smallest absolute Gasteiger partial charge is 0.266 e. The molecule has 0 unspecified atom stereocenters. The van der Waals surface area contributed by atoms with Gasteiger partial charge in [-0.2, -0.15) is 0 Å². The lowest BCUT2D eigenvalue weighted by molar-refractivity contribution is -0.121. The minimum Gasteiger partial charge on any atom is -0.290 e. The van der Waals surface area contributed by atoms with E-state index in [0.29, 0.717) is 10.1 Å². The second-order valence-electron chi connectivity index (χ2n) is 5.42. The fourth-order valence-corrected chi connectivity index (χ4v) is 3.16. The quantitative estimate of drug-likeness (QED) is 0.787. The summed E-state index contributed by atoms with van der Waals surface area (Å²) >= 11 is 1.39. The molecule has 1 saturated heterocycles. The molecule has 116 valence electrons. The number of amides is 1. The molecule has 0 atom stereocenters. The number of hydrogen-bond donors (Lipinski definition) is 0. The Hall–Kier alpha value is -2.40. The van der Waals surface area contributed by atoms with Crippen molar-refractivity contribution in [3.63, 3.8) is 0 Å². The monoisotopic (exact) mass is 323 g/mol. The van der Waals surface area contributed by atoms with Crippen molar-refractivity contribution in [3.8, 4) is 0 Å². The Morgan fingerprint density at radius 2 is 1.87 bits per heavy atom. The maximum absolute atomic E-state index is 12.4. The van der Waals surface area contributed by atoms with Crippen molar-refractivity contribution < 1.29 is 4.79 Å². The average Bonchev–Trinajstić information content (AvgIpc) is 2.80. The van der Waals surface area contributed by atoms with Crippen molar-refractivity contribution in [2.45, 2.75) is 13.8 Å². The van der Waals surface area contributed by atoms with Gasteiger partial charge in [0.2, 0.25) is 0 Å². The number of carbonyl (C=O) groups is 1. The maximum atomic E-state index is 12.4. The van der Waals surface area contributed by atoms with Crippen molar-refractivity contribution in [1.82, 2.24) is 9.88 Å². The molecule has 23 heavy (non-hydrogen) atoms. The first kappa shape index (κ1) is 15.5. The minimum atomic E-state index is -0.0330. The molecule has 4 nitrogen and oxygen atoms in total. The van der Waals surface area contributed by atoms with Crippen LogP contribution in [0.25, 0.3) is 6.08 Å². The first-order chi connectivity index (χ1) is 11.0. The van der Waals surface area contributed by atoms with Gasteiger partial charge in [-0.25, -0.2) is 4.99 Å². The number of carbonyl (C=O) groups excluding carboxylic acids is 1. The van der Waals surface area contributed by atoms with Crippen LogP contribution in [0.15, 0.2) is 52.6 Å². The van der Waals surface area contributed by atoms with Crippen molar-refractivity contribution in [2.75, 3.05) is 7.05 Å². The van der Waals surface area contributed by atoms with E-state index in [2.05, 4.69) is 23.8 Å². The molecule has 1 amide bonds. The number of aliphatic imine (C=N–C) groups is 1. The summed E-state index contributed by atoms with van der Waals surface area (Å²) in [5, 5.41) is 0.693. The van der Waals surface area contributed by atoms with Crippen molar-refractivity contribution in [3.05, 3.63) is 64.3 Å². The second-order valence-corrected chi connectivity index (χ2v) is 6.43. The van der Waals surface area contributed by atoms with Crippen LogP contribution in [-0.4, -0.2) is 28.0 Å². The zero-order valence-corrected chi connectivity index (χ0v) is 14.1. The maximum Gasteiger partial charge on any atom is 0.266 e. The highest BCUT2D eigenvalue weighted by Gasteiger charge is 2.30. The molecule has 2 aromatic rings. The molecule has 1 fully saturated rings. The number of amidine groups is 1. The van der Waals surface area contributed by atoms with Crippen LogP contribution >= 0.6 is 11.8 Å². The Morgan fingerprint density at radius 1 is 1.13 bits per heavy atom. The van der Waals surface area contributed by atoms with E-state index in [1.54, 1.807) is 24.3 Å². The number of likely N-dealkylation sites (N-methyl/N-ethyl adjacent to an activating group) is 1. The normalized spacial score (nSPS) is 18.2. The van der Waals surface area contributed by atoms with Gasteiger partial charge in [0, 0.05) is 19.4 Å². The first-order valence-corrected chi connectivity index (χ1v) is 8.10. The van der Waals surface area contributed by atoms with Gasteiger partial charge < -0.3 is 0 Å². The van der Waals surface area contributed by atoms with E-state index in [-0.39, 0.29) is 5.91 Å². The molecule has 0 spiro atoms. The van der Waals surface area contributed by atoms with E-state index in [9.17, 15) is 4.79 Å². The van der Waals surface area contributed by atoms with Gasteiger partial charge in [-0.05, 0) is 72.6 Å². The largest absolute Gasteiger partial charge is 0.290 e. The van der Waals surface area contributed by atoms with Gasteiger partial charge >= 0.3 is 0 Å². The predicted molar refractivity (Wildman–Crippen MR) is 95.6 cm³/mol. The lowest BCUT2D eigenvalue weighted by Crippen LogP contribution is -2.23. The fraction of sp³-hybridized carbons (Fsp3) is 0.167. The van der Waals surface area contributed by atoms with Gasteiger partial charge in [-0.15, -0.1) is 0 Å². The summed E-state index contributed by atoms with van der Waals surface area (Å²) in [5.74, 6) is -0.0330. The van der Waals surface area contributed by atoms with E-state index in [1.807, 2.05) is 36.4 Å². The number of pyridine rings is 1. The summed E-state index contributed by atoms with van der Waals surface area (Å²) in [6, 6.07) is 9.80. The molecule has 5 heteroatoms. The fourth-order valence-electron chi connectivity index (χ4n) is 2.17. The lowest BCUT2D eigenvalue weighted by Gasteiger charge is -2.08. The zero-order chi connectivity index (χ0) is 16.4. The highest BCUT2D eigenvalue weighted by molar-refractivity contribution is 8.18. The molecular formula is C18H17N3OS. The van der Waals surface area contributed by atoms with Gasteiger partial charge in [-0.1, -0.05) is 6.07 Å². The summed E-state index contributed by atoms with van der Waals surface area (Å²) in [6.45, 7) is 4.13. The van der Waals surface area contributed by atoms with Crippen LogP contribution in [0.4, 0.5) is 5.69 Å². The molecule has 1 aromatic heterocycles. The molecule has 0 radical (unpaired) electrons. The summed E-state index contributed by atoms with van der Waals surface area (Å²) in [5.41, 5.74) is 4.24. The van der Waals surface area contributed by atoms with Gasteiger partial charge in [0.15, 0.2) is 5.17 Å². The molecule has 2 heterocycles. The van der Waals surface area contributed by atoms with E-state index in [1.165, 1.54) is 22.9 Å². The highest BCUT2D eigenvalue weighted by Crippen LogP contribution is 2.33. The van der Waals surface area contributed by atoms with Crippen LogP contribution in [0.5, 0.6) is 0 Å². The number of aromatic nitrogens is 1. The first-order valence-electron chi connectivity index (χ1n) is 7.28. The Kier molecular flexibility index (Phi) is 4.30. The van der Waals surface area contributed by atoms with Crippen molar-refractivity contribution >= 4 is 34.6 Å². The van der Waals surface area contributed by atoms with Crippen LogP contribution in [0, 0.1) is 13.8 Å². The van der Waals surface area contributed by atoms with Crippen LogP contribution in [0.1, 0.15) is 16.7 Å². The van der Waals surface area contributed by atoms with Crippen LogP contribution in [0.2, 0.25) is 0 Å². The van der Waals surface area contributed by atoms with Gasteiger partial charge in [0.1, 0.15) is 0 Å². The standard InChI is InChI=1S/C18H17N3OS/c1-12-4-5-15(10-13(12)2)20-18-21(3)17(22)16(23-18)11-14-6-8-19-9-7-14/h4-11H,1-3H3/b16-11+,20-18?. The van der Waals surface area contributed by atoms with Crippen LogP contribution in [0.3, 0.4) is 0 Å². The van der Waals surface area contributed by atoms with Crippen molar-refractivity contribution in [1.29, 1.82) is 0 Å². The Morgan fingerprint density at radius 3 is 2.57 bits per heavy atom. The van der Waals surface area contributed by atoms with E-state index in [0.717, 1.165) is 11.3 Å². The van der Waals surface area contributed by atoms with E-state index >= 15 is 0 Å². The number of hydrogen-bond acceptors (Lipinski definition) is 4. The molecular weight excluding hydrogens is 306 g/mol. The number of aryl methyl sites for hydroxylation is 2. The molecule has 3 rings (SSSR count). The van der Waals surface area contributed by atoms with Crippen LogP contribution in [-0.2, 0) is 4.79 Å². The topological polar surface area (TPSA) is 45.6 Å². The molecule has 0 saturated carbocycles. The molecule has 0 aliphatic carbocycles. The van der Waals surface area contributed by atoms with Crippen LogP contribution < -0.4 is 0 Å². The van der Waals surface area contributed by atoms with E-state index < -0.39 is 0 Å². The number of benzene rings is 1. The minimum absolute atomic E-state index is 0.0330. The number of rotatable bonds is 2. The molecule has 1 aliphatic heterocycles. The summed E-state index contributed by atoms with van der Waals surface area (Å²) in [7, 11) is 1.75. The Labute approximate surface area is 140 Å². The SMILES string of the molecule is Cc1ccc(N=C2S/C(=C/c3ccncc3)C(=O)N2C)cc1C. The third kappa shape index (κ3) is 3.35. The lowest BCUT2D eigenvalue weighted by atomic mass is 10.1. The molecule has 1 aromatic carbocycles. The highest BCUT2D eigenvalue weighted by atomic mass is 32.2. The molecule has 0 bridgehead atoms. The van der Waals surface area contributed by atoms with Gasteiger partial charge in [0.25, 0.3) is 5.91 Å². The molecule has 1 aliphatic rings. The number of nitrogens with zero attached hydrogens (tertiary/aromatic N) is 3. The predicted octanol–water partition coefficient (Wildman–Crippen LogP) is 3.93. The van der Waals surface area contributed by atoms with Gasteiger partial charge in [0.05, 0.1) is 10.6 Å². The van der Waals surface area contributed by atoms with Crippen molar-refractivity contribution in [2.24, 2.45) is 4.99 Å². The third-order valence-corrected chi connectivity index (χ3v) is 4.78. The second kappa shape index (κ2) is 6.38. The molecule has 0 N–H and O–H groups in total. The third-order valence-electron chi connectivity index (χ3n) is 3.72. The summed E-state index contributed by atoms with van der Waals surface area (Å²) in [4.78, 5) is 23.2. The Balaban J connectivity index is 1.90. The number of thioether (sulfide) groups is 1. The zero-order valence-electron chi connectivity index (χ0n) is 13.3. The van der Waals surface area contributed by atoms with E-state index in [4.69, 9.17) is 0 Å². The summed E-state index contributed by atoms with van der Waals surface area (Å²) in [6.07, 6.45) is 5.29. The summed E-state index contributed by atoms with van der Waals surface area (Å²) < 4.78 is 0.